The smallest absolute Gasteiger partial charge is 0.137 e. The van der Waals surface area contributed by atoms with E-state index in [4.69, 9.17) is 0 Å². The lowest BCUT2D eigenvalue weighted by Crippen LogP contribution is -2.32. The number of hydrogen-bond acceptors (Lipinski definition) is 1. The Morgan fingerprint density at radius 1 is 1.10 bits per heavy atom. The van der Waals surface area contributed by atoms with Gasteiger partial charge in [-0.15, -0.1) is 0 Å². The molecule has 3 heteroatoms. The van der Waals surface area contributed by atoms with Gasteiger partial charge in [-0.25, -0.2) is 4.39 Å². The zero-order valence-corrected chi connectivity index (χ0v) is 14.2. The summed E-state index contributed by atoms with van der Waals surface area (Å²) in [4.78, 5) is 0. The molecule has 0 fully saturated rings. The molecular formula is C18H21BrFN. The van der Waals surface area contributed by atoms with Gasteiger partial charge in [0.05, 0.1) is 4.47 Å². The number of nitrogens with one attached hydrogen (secondary N) is 1. The van der Waals surface area contributed by atoms with Gasteiger partial charge in [-0.05, 0) is 44.6 Å². The molecule has 2 aromatic carbocycles. The molecule has 0 saturated carbocycles. The average Bonchev–Trinajstić information content (AvgIpc) is 2.43. The van der Waals surface area contributed by atoms with Gasteiger partial charge in [-0.3, -0.25) is 0 Å². The van der Waals surface area contributed by atoms with Crippen LogP contribution in [0.1, 0.15) is 37.9 Å². The summed E-state index contributed by atoms with van der Waals surface area (Å²) in [6.45, 7) is 7.37. The topological polar surface area (TPSA) is 12.0 Å². The molecule has 2 aromatic rings. The van der Waals surface area contributed by atoms with Crippen molar-refractivity contribution in [1.82, 2.24) is 5.32 Å². The van der Waals surface area contributed by atoms with Crippen LogP contribution in [0.25, 0.3) is 0 Å². The lowest BCUT2D eigenvalue weighted by Gasteiger charge is -2.32. The second-order valence-electron chi connectivity index (χ2n) is 6.34. The Labute approximate surface area is 134 Å². The molecule has 0 aliphatic rings. The molecule has 0 aromatic heterocycles. The molecule has 0 heterocycles. The summed E-state index contributed by atoms with van der Waals surface area (Å²) in [6, 6.07) is 15.8. The van der Waals surface area contributed by atoms with Gasteiger partial charge < -0.3 is 5.32 Å². The van der Waals surface area contributed by atoms with Crippen molar-refractivity contribution in [2.24, 2.45) is 5.41 Å². The fourth-order valence-corrected chi connectivity index (χ4v) is 2.87. The predicted molar refractivity (Wildman–Crippen MR) is 89.6 cm³/mol. The van der Waals surface area contributed by atoms with Crippen molar-refractivity contribution in [3.05, 3.63) is 69.9 Å². The van der Waals surface area contributed by atoms with E-state index in [0.29, 0.717) is 11.0 Å². The maximum Gasteiger partial charge on any atom is 0.137 e. The number of benzene rings is 2. The summed E-state index contributed by atoms with van der Waals surface area (Å²) >= 11 is 3.23. The van der Waals surface area contributed by atoms with E-state index < -0.39 is 0 Å². The average molecular weight is 350 g/mol. The van der Waals surface area contributed by atoms with Gasteiger partial charge in [0.2, 0.25) is 0 Å². The molecule has 0 aliphatic heterocycles. The molecule has 112 valence electrons. The van der Waals surface area contributed by atoms with Gasteiger partial charge in [-0.2, -0.15) is 0 Å². The first kappa shape index (κ1) is 16.2. The zero-order valence-electron chi connectivity index (χ0n) is 12.7. The van der Waals surface area contributed by atoms with Crippen LogP contribution in [-0.4, -0.2) is 0 Å². The molecule has 1 nitrogen and oxygen atoms in total. The molecule has 0 bridgehead atoms. The van der Waals surface area contributed by atoms with Crippen molar-refractivity contribution in [3.63, 3.8) is 0 Å². The largest absolute Gasteiger partial charge is 0.305 e. The molecule has 0 saturated heterocycles. The van der Waals surface area contributed by atoms with E-state index in [1.807, 2.05) is 18.2 Å². The van der Waals surface area contributed by atoms with E-state index in [2.05, 4.69) is 66.3 Å². The molecule has 0 radical (unpaired) electrons. The lowest BCUT2D eigenvalue weighted by atomic mass is 9.82. The van der Waals surface area contributed by atoms with Crippen LogP contribution < -0.4 is 5.32 Å². The van der Waals surface area contributed by atoms with Crippen molar-refractivity contribution in [3.8, 4) is 0 Å². The SMILES string of the molecule is CC(C)(C)C(NCc1ccc(F)c(Br)c1)c1ccccc1. The number of rotatable bonds is 4. The van der Waals surface area contributed by atoms with Gasteiger partial charge >= 0.3 is 0 Å². The van der Waals surface area contributed by atoms with Crippen LogP contribution >= 0.6 is 15.9 Å². The van der Waals surface area contributed by atoms with Crippen LogP contribution in [0, 0.1) is 11.2 Å². The van der Waals surface area contributed by atoms with Crippen molar-refractivity contribution in [2.75, 3.05) is 0 Å². The standard InChI is InChI=1S/C18H21BrFN/c1-18(2,3)17(14-7-5-4-6-8-14)21-12-13-9-10-16(20)15(19)11-13/h4-11,17,21H,12H2,1-3H3. The highest BCUT2D eigenvalue weighted by Crippen LogP contribution is 2.33. The highest BCUT2D eigenvalue weighted by Gasteiger charge is 2.25. The Balaban J connectivity index is 2.15. The van der Waals surface area contributed by atoms with E-state index in [1.54, 1.807) is 0 Å². The summed E-state index contributed by atoms with van der Waals surface area (Å²) < 4.78 is 13.8. The fourth-order valence-electron chi connectivity index (χ4n) is 2.44. The van der Waals surface area contributed by atoms with Crippen molar-refractivity contribution in [2.45, 2.75) is 33.4 Å². The Bertz CT molecular complexity index is 590. The summed E-state index contributed by atoms with van der Waals surface area (Å²) in [5.74, 6) is -0.228. The van der Waals surface area contributed by atoms with Gasteiger partial charge in [0.25, 0.3) is 0 Å². The summed E-state index contributed by atoms with van der Waals surface area (Å²) in [5, 5.41) is 3.60. The van der Waals surface area contributed by atoms with Crippen LogP contribution in [0.5, 0.6) is 0 Å². The lowest BCUT2D eigenvalue weighted by molar-refractivity contribution is 0.271. The summed E-state index contributed by atoms with van der Waals surface area (Å²) in [6.07, 6.45) is 0. The van der Waals surface area contributed by atoms with E-state index in [-0.39, 0.29) is 17.3 Å². The fraction of sp³-hybridized carbons (Fsp3) is 0.333. The molecule has 2 rings (SSSR count). The van der Waals surface area contributed by atoms with E-state index >= 15 is 0 Å². The van der Waals surface area contributed by atoms with E-state index in [1.165, 1.54) is 11.6 Å². The monoisotopic (exact) mass is 349 g/mol. The van der Waals surface area contributed by atoms with Gasteiger partial charge in [0, 0.05) is 12.6 Å². The molecule has 0 amide bonds. The first-order valence-electron chi connectivity index (χ1n) is 7.10. The normalized spacial score (nSPS) is 13.2. The van der Waals surface area contributed by atoms with Gasteiger partial charge in [-0.1, -0.05) is 57.2 Å². The van der Waals surface area contributed by atoms with Crippen molar-refractivity contribution < 1.29 is 4.39 Å². The second-order valence-corrected chi connectivity index (χ2v) is 7.19. The maximum atomic E-state index is 13.3. The van der Waals surface area contributed by atoms with Crippen molar-refractivity contribution >= 4 is 15.9 Å². The minimum atomic E-state index is -0.228. The number of hydrogen-bond donors (Lipinski definition) is 1. The third kappa shape index (κ3) is 4.39. The quantitative estimate of drug-likeness (QED) is 0.772. The molecular weight excluding hydrogens is 329 g/mol. The first-order chi connectivity index (χ1) is 9.88. The van der Waals surface area contributed by atoms with E-state index in [0.717, 1.165) is 5.56 Å². The summed E-state index contributed by atoms with van der Waals surface area (Å²) in [7, 11) is 0. The molecule has 1 unspecified atom stereocenters. The van der Waals surface area contributed by atoms with Crippen LogP contribution in [-0.2, 0) is 6.54 Å². The minimum absolute atomic E-state index is 0.0958. The molecule has 0 spiro atoms. The molecule has 0 aliphatic carbocycles. The van der Waals surface area contributed by atoms with Gasteiger partial charge in [0.1, 0.15) is 5.82 Å². The maximum absolute atomic E-state index is 13.3. The highest BCUT2D eigenvalue weighted by molar-refractivity contribution is 9.10. The third-order valence-corrected chi connectivity index (χ3v) is 4.10. The molecule has 1 atom stereocenters. The zero-order chi connectivity index (χ0) is 15.5. The van der Waals surface area contributed by atoms with Crippen LogP contribution in [0.4, 0.5) is 4.39 Å². The first-order valence-corrected chi connectivity index (χ1v) is 7.89. The van der Waals surface area contributed by atoms with Gasteiger partial charge in [0.15, 0.2) is 0 Å². The Kier molecular flexibility index (Phi) is 5.17. The van der Waals surface area contributed by atoms with Crippen molar-refractivity contribution in [1.29, 1.82) is 0 Å². The third-order valence-electron chi connectivity index (χ3n) is 3.49. The Hall–Kier alpha value is -1.19. The van der Waals surface area contributed by atoms with E-state index in [9.17, 15) is 4.39 Å². The minimum Gasteiger partial charge on any atom is -0.305 e. The van der Waals surface area contributed by atoms with Crippen LogP contribution in [0.15, 0.2) is 53.0 Å². The number of halogens is 2. The summed E-state index contributed by atoms with van der Waals surface area (Å²) in [5.41, 5.74) is 2.43. The second kappa shape index (κ2) is 6.71. The highest BCUT2D eigenvalue weighted by atomic mass is 79.9. The Morgan fingerprint density at radius 2 is 1.76 bits per heavy atom. The van der Waals surface area contributed by atoms with Crippen LogP contribution in [0.3, 0.4) is 0 Å². The van der Waals surface area contributed by atoms with Crippen LogP contribution in [0.2, 0.25) is 0 Å². The predicted octanol–water partition coefficient (Wildman–Crippen LogP) is 5.47. The Morgan fingerprint density at radius 3 is 2.33 bits per heavy atom. The molecule has 21 heavy (non-hydrogen) atoms. The molecule has 1 N–H and O–H groups in total.